The molecular weight excluding hydrogens is 290 g/mol. The van der Waals surface area contributed by atoms with Gasteiger partial charge in [-0.05, 0) is 51.0 Å². The summed E-state index contributed by atoms with van der Waals surface area (Å²) >= 11 is 0. The molecule has 21 heavy (non-hydrogen) atoms. The van der Waals surface area contributed by atoms with Gasteiger partial charge >= 0.3 is 0 Å². The lowest BCUT2D eigenvalue weighted by atomic mass is 10.1. The Morgan fingerprint density at radius 3 is 2.57 bits per heavy atom. The summed E-state index contributed by atoms with van der Waals surface area (Å²) in [6.45, 7) is 7.77. The minimum atomic E-state index is -3.57. The summed E-state index contributed by atoms with van der Waals surface area (Å²) in [4.78, 5) is 0.292. The molecule has 1 atom stereocenters. The molecular formula is C15H23NO4S. The standard InChI is InChI=1S/C15H23NO4S/c1-11-5-6-14(7-12(11)2)21(18,19)16-8-13(9-17)20-15(3,4)10-16/h5-7,13,17H,8-10H2,1-4H3. The molecule has 5 nitrogen and oxygen atoms in total. The summed E-state index contributed by atoms with van der Waals surface area (Å²) in [7, 11) is -3.57. The molecule has 1 aliphatic rings. The van der Waals surface area contributed by atoms with Crippen molar-refractivity contribution >= 4 is 10.0 Å². The molecule has 2 rings (SSSR count). The summed E-state index contributed by atoms with van der Waals surface area (Å²) in [5.41, 5.74) is 1.39. The number of ether oxygens (including phenoxy) is 1. The van der Waals surface area contributed by atoms with Crippen LogP contribution in [0.4, 0.5) is 0 Å². The molecule has 0 saturated carbocycles. The van der Waals surface area contributed by atoms with E-state index in [9.17, 15) is 13.5 Å². The summed E-state index contributed by atoms with van der Waals surface area (Å²) in [5.74, 6) is 0. The van der Waals surface area contributed by atoms with E-state index in [2.05, 4.69) is 0 Å². The molecule has 1 heterocycles. The summed E-state index contributed by atoms with van der Waals surface area (Å²) in [6, 6.07) is 5.15. The average molecular weight is 313 g/mol. The monoisotopic (exact) mass is 313 g/mol. The van der Waals surface area contributed by atoms with Crippen LogP contribution in [0.5, 0.6) is 0 Å². The number of morpholine rings is 1. The highest BCUT2D eigenvalue weighted by Gasteiger charge is 2.39. The lowest BCUT2D eigenvalue weighted by Crippen LogP contribution is -2.55. The number of hydrogen-bond acceptors (Lipinski definition) is 4. The van der Waals surface area contributed by atoms with Crippen molar-refractivity contribution < 1.29 is 18.3 Å². The van der Waals surface area contributed by atoms with E-state index in [0.29, 0.717) is 4.90 Å². The van der Waals surface area contributed by atoms with E-state index in [-0.39, 0.29) is 19.7 Å². The van der Waals surface area contributed by atoms with E-state index in [0.717, 1.165) is 11.1 Å². The van der Waals surface area contributed by atoms with E-state index in [1.54, 1.807) is 12.1 Å². The second kappa shape index (κ2) is 5.68. The summed E-state index contributed by atoms with van der Waals surface area (Å²) in [5, 5.41) is 9.31. The number of rotatable bonds is 3. The topological polar surface area (TPSA) is 66.8 Å². The molecule has 1 unspecified atom stereocenters. The maximum atomic E-state index is 12.8. The van der Waals surface area contributed by atoms with Gasteiger partial charge in [0, 0.05) is 13.1 Å². The Bertz CT molecular complexity index is 625. The Balaban J connectivity index is 2.36. The maximum Gasteiger partial charge on any atom is 0.243 e. The Morgan fingerprint density at radius 2 is 2.00 bits per heavy atom. The minimum Gasteiger partial charge on any atom is -0.394 e. The second-order valence-corrected chi connectivity index (χ2v) is 8.16. The molecule has 118 valence electrons. The van der Waals surface area contributed by atoms with Gasteiger partial charge in [0.05, 0.1) is 23.2 Å². The van der Waals surface area contributed by atoms with Crippen molar-refractivity contribution in [3.8, 4) is 0 Å². The quantitative estimate of drug-likeness (QED) is 0.917. The van der Waals surface area contributed by atoms with Gasteiger partial charge in [0.1, 0.15) is 0 Å². The Hall–Kier alpha value is -0.950. The van der Waals surface area contributed by atoms with Crippen LogP contribution >= 0.6 is 0 Å². The van der Waals surface area contributed by atoms with Gasteiger partial charge in [0.25, 0.3) is 0 Å². The smallest absolute Gasteiger partial charge is 0.243 e. The Kier molecular flexibility index (Phi) is 4.44. The van der Waals surface area contributed by atoms with Gasteiger partial charge in [0.15, 0.2) is 0 Å². The average Bonchev–Trinajstić information content (AvgIpc) is 2.39. The number of aliphatic hydroxyl groups excluding tert-OH is 1. The van der Waals surface area contributed by atoms with Crippen LogP contribution in [-0.2, 0) is 14.8 Å². The third kappa shape index (κ3) is 3.45. The van der Waals surface area contributed by atoms with Gasteiger partial charge in [-0.1, -0.05) is 6.07 Å². The molecule has 1 N–H and O–H groups in total. The molecule has 0 aliphatic carbocycles. The lowest BCUT2D eigenvalue weighted by molar-refractivity contribution is -0.131. The van der Waals surface area contributed by atoms with Gasteiger partial charge in [-0.3, -0.25) is 0 Å². The zero-order chi connectivity index (χ0) is 15.8. The highest BCUT2D eigenvalue weighted by Crippen LogP contribution is 2.27. The Labute approximate surface area is 126 Å². The maximum absolute atomic E-state index is 12.8. The van der Waals surface area contributed by atoms with E-state index in [1.807, 2.05) is 33.8 Å². The highest BCUT2D eigenvalue weighted by atomic mass is 32.2. The number of benzene rings is 1. The van der Waals surface area contributed by atoms with Gasteiger partial charge in [-0.25, -0.2) is 8.42 Å². The largest absolute Gasteiger partial charge is 0.394 e. The predicted octanol–water partition coefficient (Wildman–Crippen LogP) is 1.46. The van der Waals surface area contributed by atoms with Crippen molar-refractivity contribution in [1.82, 2.24) is 4.31 Å². The van der Waals surface area contributed by atoms with Crippen molar-refractivity contribution in [3.05, 3.63) is 29.3 Å². The molecule has 0 radical (unpaired) electrons. The van der Waals surface area contributed by atoms with Gasteiger partial charge in [-0.15, -0.1) is 0 Å². The molecule has 1 aromatic rings. The van der Waals surface area contributed by atoms with E-state index in [4.69, 9.17) is 4.74 Å². The number of aliphatic hydroxyl groups is 1. The van der Waals surface area contributed by atoms with Crippen LogP contribution in [0.3, 0.4) is 0 Å². The van der Waals surface area contributed by atoms with Crippen molar-refractivity contribution in [3.63, 3.8) is 0 Å². The van der Waals surface area contributed by atoms with Crippen LogP contribution in [0.2, 0.25) is 0 Å². The third-order valence-corrected chi connectivity index (χ3v) is 5.58. The van der Waals surface area contributed by atoms with Crippen LogP contribution in [0.1, 0.15) is 25.0 Å². The van der Waals surface area contributed by atoms with Gasteiger partial charge < -0.3 is 9.84 Å². The molecule has 1 saturated heterocycles. The van der Waals surface area contributed by atoms with Crippen molar-refractivity contribution in [2.75, 3.05) is 19.7 Å². The lowest BCUT2D eigenvalue weighted by Gasteiger charge is -2.41. The molecule has 0 bridgehead atoms. The third-order valence-electron chi connectivity index (χ3n) is 3.77. The van der Waals surface area contributed by atoms with Crippen LogP contribution in [-0.4, -0.2) is 49.2 Å². The van der Waals surface area contributed by atoms with Gasteiger partial charge in [0.2, 0.25) is 10.0 Å². The minimum absolute atomic E-state index is 0.176. The number of sulfonamides is 1. The fraction of sp³-hybridized carbons (Fsp3) is 0.600. The van der Waals surface area contributed by atoms with Crippen molar-refractivity contribution in [2.24, 2.45) is 0 Å². The first kappa shape index (κ1) is 16.4. The van der Waals surface area contributed by atoms with Crippen LogP contribution in [0.25, 0.3) is 0 Å². The van der Waals surface area contributed by atoms with Crippen molar-refractivity contribution in [2.45, 2.75) is 44.3 Å². The van der Waals surface area contributed by atoms with Crippen LogP contribution in [0, 0.1) is 13.8 Å². The molecule has 1 fully saturated rings. The van der Waals surface area contributed by atoms with E-state index >= 15 is 0 Å². The van der Waals surface area contributed by atoms with E-state index in [1.165, 1.54) is 4.31 Å². The normalized spacial score (nSPS) is 23.2. The molecule has 0 aromatic heterocycles. The first-order chi connectivity index (χ1) is 9.65. The number of hydrogen-bond donors (Lipinski definition) is 1. The SMILES string of the molecule is Cc1ccc(S(=O)(=O)N2CC(CO)OC(C)(C)C2)cc1C. The number of aryl methyl sites for hydroxylation is 2. The van der Waals surface area contributed by atoms with Crippen LogP contribution in [0.15, 0.2) is 23.1 Å². The fourth-order valence-electron chi connectivity index (χ4n) is 2.54. The molecule has 0 spiro atoms. The van der Waals surface area contributed by atoms with Gasteiger partial charge in [-0.2, -0.15) is 4.31 Å². The summed E-state index contributed by atoms with van der Waals surface area (Å²) in [6.07, 6.45) is -0.491. The molecule has 1 aliphatic heterocycles. The zero-order valence-electron chi connectivity index (χ0n) is 13.0. The number of nitrogens with zero attached hydrogens (tertiary/aromatic N) is 1. The predicted molar refractivity (Wildman–Crippen MR) is 80.7 cm³/mol. The highest BCUT2D eigenvalue weighted by molar-refractivity contribution is 7.89. The first-order valence-electron chi connectivity index (χ1n) is 7.02. The van der Waals surface area contributed by atoms with E-state index < -0.39 is 21.7 Å². The zero-order valence-corrected chi connectivity index (χ0v) is 13.8. The van der Waals surface area contributed by atoms with Crippen molar-refractivity contribution in [1.29, 1.82) is 0 Å². The first-order valence-corrected chi connectivity index (χ1v) is 8.46. The summed E-state index contributed by atoms with van der Waals surface area (Å²) < 4.78 is 32.7. The molecule has 1 aromatic carbocycles. The Morgan fingerprint density at radius 1 is 1.33 bits per heavy atom. The molecule has 0 amide bonds. The molecule has 6 heteroatoms. The second-order valence-electron chi connectivity index (χ2n) is 6.23. The van der Waals surface area contributed by atoms with Crippen LogP contribution < -0.4 is 0 Å². The fourth-order valence-corrected chi connectivity index (χ4v) is 4.25.